The Balaban J connectivity index is 1.88. The number of anilines is 3. The highest BCUT2D eigenvalue weighted by Gasteiger charge is 2.35. The molecule has 314 valence electrons. The molecule has 0 radical (unpaired) electrons. The number of carbonyl (C=O) groups is 3. The Kier molecular flexibility index (Phi) is 19.1. The summed E-state index contributed by atoms with van der Waals surface area (Å²) in [5.74, 6) is -2.80. The molecular weight excluding hydrogens is 757 g/mol. The second-order valence-corrected chi connectivity index (χ2v) is 13.9. The van der Waals surface area contributed by atoms with Gasteiger partial charge in [0, 0.05) is 56.3 Å². The molecule has 0 aliphatic carbocycles. The van der Waals surface area contributed by atoms with Crippen LogP contribution in [-0.4, -0.2) is 77.0 Å². The summed E-state index contributed by atoms with van der Waals surface area (Å²) >= 11 is 0. The van der Waals surface area contributed by atoms with Crippen molar-refractivity contribution in [3.63, 3.8) is 0 Å². The number of esters is 3. The molecule has 0 N–H and O–H groups in total. The number of hydrogen-bond donors (Lipinski definition) is 0. The minimum Gasteiger partial charge on any atom is -0.461 e. The first-order valence-corrected chi connectivity index (χ1v) is 20.4. The van der Waals surface area contributed by atoms with E-state index in [0.29, 0.717) is 16.7 Å². The molecule has 0 spiro atoms. The lowest BCUT2D eigenvalue weighted by Gasteiger charge is -2.31. The topological polar surface area (TPSA) is 160 Å². The van der Waals surface area contributed by atoms with E-state index in [1.165, 1.54) is 18.2 Å². The van der Waals surface area contributed by atoms with Gasteiger partial charge in [0.2, 0.25) is 0 Å². The summed E-state index contributed by atoms with van der Waals surface area (Å²) in [5.41, 5.74) is 2.70. The van der Waals surface area contributed by atoms with E-state index in [1.54, 1.807) is 43.3 Å². The second-order valence-electron chi connectivity index (χ2n) is 13.9. The van der Waals surface area contributed by atoms with Gasteiger partial charge in [-0.3, -0.25) is 0 Å². The third-order valence-corrected chi connectivity index (χ3v) is 10.3. The quantitative estimate of drug-likeness (QED) is 0.0413. The average Bonchev–Trinajstić information content (AvgIpc) is 3.28. The highest BCUT2D eigenvalue weighted by atomic mass is 16.6. The molecule has 0 unspecified atom stereocenters. The predicted octanol–water partition coefficient (Wildman–Crippen LogP) is 8.37. The Morgan fingerprint density at radius 1 is 0.467 bits per heavy atom. The third kappa shape index (κ3) is 13.4. The number of carbonyl (C=O) groups excluding carboxylic acids is 3. The van der Waals surface area contributed by atoms with Crippen LogP contribution in [0.25, 0.3) is 18.2 Å². The molecule has 0 saturated carbocycles. The molecule has 0 atom stereocenters. The van der Waals surface area contributed by atoms with Crippen LogP contribution in [0.2, 0.25) is 0 Å². The van der Waals surface area contributed by atoms with Gasteiger partial charge in [0.05, 0.1) is 5.41 Å². The van der Waals surface area contributed by atoms with Crippen molar-refractivity contribution in [1.29, 1.82) is 15.8 Å². The van der Waals surface area contributed by atoms with E-state index in [4.69, 9.17) is 14.2 Å². The minimum absolute atomic E-state index is 0.163. The summed E-state index contributed by atoms with van der Waals surface area (Å²) in [6, 6.07) is 27.9. The van der Waals surface area contributed by atoms with Crippen molar-refractivity contribution in [2.45, 2.75) is 54.9 Å². The highest BCUT2D eigenvalue weighted by molar-refractivity contribution is 5.99. The summed E-state index contributed by atoms with van der Waals surface area (Å²) in [7, 11) is 0. The molecule has 12 nitrogen and oxygen atoms in total. The number of benzene rings is 3. The van der Waals surface area contributed by atoms with Crippen LogP contribution in [0.3, 0.4) is 0 Å². The first-order chi connectivity index (χ1) is 29.0. The average molecular weight is 813 g/mol. The summed E-state index contributed by atoms with van der Waals surface area (Å²) < 4.78 is 17.0. The van der Waals surface area contributed by atoms with Crippen molar-refractivity contribution in [3.05, 3.63) is 106 Å². The van der Waals surface area contributed by atoms with E-state index in [0.717, 1.165) is 56.3 Å². The Bertz CT molecular complexity index is 1870. The maximum Gasteiger partial charge on any atom is 0.348 e. The van der Waals surface area contributed by atoms with Crippen LogP contribution in [0.5, 0.6) is 0 Å². The Hall–Kier alpha value is -6.84. The SMILES string of the molecule is CCN(CC)c1ccc(/C=C(\C#N)C(=O)OCC(CC)(COC(=O)/C(C#N)=C/c2ccc(N(CC)CC)cc2)COC(=O)/C(C#N)=C/c2ccc(N(CC)CC)cc2)cc1. The fourth-order valence-corrected chi connectivity index (χ4v) is 6.34. The summed E-state index contributed by atoms with van der Waals surface area (Å²) in [4.78, 5) is 46.6. The summed E-state index contributed by atoms with van der Waals surface area (Å²) in [6.07, 6.45) is 4.41. The maximum atomic E-state index is 13.4. The van der Waals surface area contributed by atoms with E-state index in [9.17, 15) is 30.2 Å². The van der Waals surface area contributed by atoms with Gasteiger partial charge in [0.25, 0.3) is 0 Å². The van der Waals surface area contributed by atoms with Crippen LogP contribution in [-0.2, 0) is 28.6 Å². The van der Waals surface area contributed by atoms with Crippen LogP contribution in [0.15, 0.2) is 89.5 Å². The number of nitrogens with zero attached hydrogens (tertiary/aromatic N) is 6. The zero-order chi connectivity index (χ0) is 44.1. The van der Waals surface area contributed by atoms with E-state index in [-0.39, 0.29) is 23.1 Å². The first-order valence-electron chi connectivity index (χ1n) is 20.4. The monoisotopic (exact) mass is 812 g/mol. The number of ether oxygens (including phenoxy) is 3. The minimum atomic E-state index is -1.33. The summed E-state index contributed by atoms with van der Waals surface area (Å²) in [5, 5.41) is 29.8. The number of rotatable bonds is 22. The standard InChI is InChI=1S/C48H56N6O6/c1-8-48(33-58-45(55)39(30-49)27-36-15-21-42(22-16-36)52(9-2)10-3,34-59-46(56)40(31-50)28-37-17-23-43(24-18-37)53(11-4)12-5)35-60-47(57)41(32-51)29-38-19-25-44(26-20-38)54(13-6)14-7/h15-29H,8-14,33-35H2,1-7H3/b39-27+,40-28+,41-29+. The van der Waals surface area contributed by atoms with Gasteiger partial charge in [-0.1, -0.05) is 43.3 Å². The molecule has 0 saturated heterocycles. The van der Waals surface area contributed by atoms with Crippen LogP contribution in [0.1, 0.15) is 71.6 Å². The van der Waals surface area contributed by atoms with Crippen LogP contribution < -0.4 is 14.7 Å². The zero-order valence-corrected chi connectivity index (χ0v) is 35.9. The lowest BCUT2D eigenvalue weighted by molar-refractivity contribution is -0.156. The Labute approximate surface area is 355 Å². The zero-order valence-electron chi connectivity index (χ0n) is 35.9. The highest BCUT2D eigenvalue weighted by Crippen LogP contribution is 2.27. The third-order valence-electron chi connectivity index (χ3n) is 10.3. The molecule has 0 bridgehead atoms. The van der Waals surface area contributed by atoms with Crippen molar-refractivity contribution < 1.29 is 28.6 Å². The molecule has 60 heavy (non-hydrogen) atoms. The lowest BCUT2D eigenvalue weighted by Crippen LogP contribution is -2.39. The molecule has 0 fully saturated rings. The second kappa shape index (κ2) is 24.2. The molecule has 0 aromatic heterocycles. The van der Waals surface area contributed by atoms with Gasteiger partial charge >= 0.3 is 17.9 Å². The van der Waals surface area contributed by atoms with Crippen molar-refractivity contribution in [2.75, 3.05) is 73.8 Å². The Morgan fingerprint density at radius 2 is 0.700 bits per heavy atom. The van der Waals surface area contributed by atoms with Crippen LogP contribution in [0.4, 0.5) is 17.1 Å². The van der Waals surface area contributed by atoms with Gasteiger partial charge < -0.3 is 28.9 Å². The largest absolute Gasteiger partial charge is 0.461 e. The first kappa shape index (κ1) is 47.5. The fourth-order valence-electron chi connectivity index (χ4n) is 6.34. The van der Waals surface area contributed by atoms with Gasteiger partial charge in [-0.2, -0.15) is 15.8 Å². The molecule has 0 aliphatic heterocycles. The molecule has 0 heterocycles. The van der Waals surface area contributed by atoms with Crippen LogP contribution >= 0.6 is 0 Å². The van der Waals surface area contributed by atoms with Crippen molar-refractivity contribution in [2.24, 2.45) is 5.41 Å². The summed E-state index contributed by atoms with van der Waals surface area (Å²) in [6.45, 7) is 17.7. The molecule has 3 aromatic carbocycles. The Morgan fingerprint density at radius 3 is 0.883 bits per heavy atom. The van der Waals surface area contributed by atoms with Gasteiger partial charge in [0.1, 0.15) is 54.7 Å². The number of nitriles is 3. The lowest BCUT2D eigenvalue weighted by atomic mass is 9.88. The molecular formula is C48H56N6O6. The van der Waals surface area contributed by atoms with E-state index in [2.05, 4.69) is 56.2 Å². The molecule has 0 aliphatic rings. The predicted molar refractivity (Wildman–Crippen MR) is 236 cm³/mol. The van der Waals surface area contributed by atoms with Gasteiger partial charge in [-0.15, -0.1) is 0 Å². The van der Waals surface area contributed by atoms with E-state index in [1.807, 2.05) is 54.6 Å². The molecule has 3 rings (SSSR count). The molecule has 0 amide bonds. The van der Waals surface area contributed by atoms with Gasteiger partial charge in [-0.05, 0) is 119 Å². The molecule has 3 aromatic rings. The maximum absolute atomic E-state index is 13.4. The van der Waals surface area contributed by atoms with Crippen molar-refractivity contribution in [3.8, 4) is 18.2 Å². The molecule has 12 heteroatoms. The van der Waals surface area contributed by atoms with Crippen molar-refractivity contribution in [1.82, 2.24) is 0 Å². The number of hydrogen-bond acceptors (Lipinski definition) is 12. The van der Waals surface area contributed by atoms with Gasteiger partial charge in [0.15, 0.2) is 0 Å². The fraction of sp³-hybridized carbons (Fsp3) is 0.375. The van der Waals surface area contributed by atoms with E-state index < -0.39 is 43.1 Å². The van der Waals surface area contributed by atoms with Crippen molar-refractivity contribution >= 4 is 53.2 Å². The smallest absolute Gasteiger partial charge is 0.348 e. The van der Waals surface area contributed by atoms with E-state index >= 15 is 0 Å². The normalized spacial score (nSPS) is 11.7. The van der Waals surface area contributed by atoms with Gasteiger partial charge in [-0.25, -0.2) is 14.4 Å². The van der Waals surface area contributed by atoms with Crippen LogP contribution in [0, 0.1) is 39.4 Å².